The average Bonchev–Trinajstić information content (AvgIpc) is 2.82. The van der Waals surface area contributed by atoms with Crippen molar-refractivity contribution < 1.29 is 19.1 Å². The van der Waals surface area contributed by atoms with Gasteiger partial charge in [-0.3, -0.25) is 14.5 Å². The maximum Gasteiger partial charge on any atom is 0.271 e. The summed E-state index contributed by atoms with van der Waals surface area (Å²) in [6.45, 7) is 10.9. The topological polar surface area (TPSA) is 79.6 Å². The number of hydrogen-bond donors (Lipinski definition) is 0. The van der Waals surface area contributed by atoms with Gasteiger partial charge in [-0.1, -0.05) is 49.7 Å². The molecule has 0 atom stereocenters. The van der Waals surface area contributed by atoms with Crippen LogP contribution in [0.25, 0.3) is 6.08 Å². The third-order valence-corrected chi connectivity index (χ3v) is 5.82. The Kier molecular flexibility index (Phi) is 8.48. The average molecular weight is 473 g/mol. The van der Waals surface area contributed by atoms with Gasteiger partial charge >= 0.3 is 0 Å². The van der Waals surface area contributed by atoms with E-state index in [9.17, 15) is 14.9 Å². The third kappa shape index (κ3) is 6.19. The third-order valence-electron chi connectivity index (χ3n) is 5.82. The standard InChI is InChI=1S/C29H32N2O4/c1-6-34-27-16-23(11-12-26(27)35-14-13-19(2)3)15-24-21(5)25(17-30)29(33)31(28(24)32)18-22-9-7-20(4)8-10-22/h7-12,15-16,19H,6,13-14,18H2,1-5H3/b24-15+. The maximum absolute atomic E-state index is 13.4. The van der Waals surface area contributed by atoms with Crippen LogP contribution in [0.4, 0.5) is 0 Å². The number of hydrogen-bond acceptors (Lipinski definition) is 5. The lowest BCUT2D eigenvalue weighted by molar-refractivity contribution is -0.141. The van der Waals surface area contributed by atoms with Crippen LogP contribution in [0.3, 0.4) is 0 Å². The fraction of sp³-hybridized carbons (Fsp3) is 0.345. The Morgan fingerprint density at radius 2 is 1.71 bits per heavy atom. The molecule has 35 heavy (non-hydrogen) atoms. The first kappa shape index (κ1) is 25.8. The fourth-order valence-electron chi connectivity index (χ4n) is 3.72. The lowest BCUT2D eigenvalue weighted by Gasteiger charge is -2.27. The summed E-state index contributed by atoms with van der Waals surface area (Å²) in [5.41, 5.74) is 3.27. The van der Waals surface area contributed by atoms with Crippen molar-refractivity contribution >= 4 is 17.9 Å². The first-order valence-electron chi connectivity index (χ1n) is 11.9. The molecule has 1 aliphatic rings. The molecule has 0 saturated heterocycles. The Bertz CT molecular complexity index is 1200. The van der Waals surface area contributed by atoms with Gasteiger partial charge in [-0.05, 0) is 68.0 Å². The van der Waals surface area contributed by atoms with E-state index in [1.165, 1.54) is 0 Å². The van der Waals surface area contributed by atoms with Crippen molar-refractivity contribution in [1.29, 1.82) is 5.26 Å². The number of carbonyl (C=O) groups excluding carboxylic acids is 2. The van der Waals surface area contributed by atoms with E-state index in [1.54, 1.807) is 13.0 Å². The van der Waals surface area contributed by atoms with Gasteiger partial charge in [0.25, 0.3) is 11.8 Å². The van der Waals surface area contributed by atoms with Crippen molar-refractivity contribution in [3.05, 3.63) is 75.9 Å². The number of imide groups is 1. The number of ether oxygens (including phenoxy) is 2. The molecule has 0 fully saturated rings. The second-order valence-corrected chi connectivity index (χ2v) is 9.02. The largest absolute Gasteiger partial charge is 0.490 e. The number of nitrogens with zero attached hydrogens (tertiary/aromatic N) is 2. The number of amides is 2. The molecule has 0 radical (unpaired) electrons. The van der Waals surface area contributed by atoms with Gasteiger partial charge < -0.3 is 9.47 Å². The number of carbonyl (C=O) groups is 2. The molecule has 2 amide bonds. The first-order chi connectivity index (χ1) is 16.7. The van der Waals surface area contributed by atoms with E-state index in [1.807, 2.05) is 62.4 Å². The number of nitriles is 1. The molecular weight excluding hydrogens is 440 g/mol. The summed E-state index contributed by atoms with van der Waals surface area (Å²) in [5, 5.41) is 9.66. The van der Waals surface area contributed by atoms with Crippen LogP contribution in [0.15, 0.2) is 59.2 Å². The summed E-state index contributed by atoms with van der Waals surface area (Å²) in [4.78, 5) is 27.5. The summed E-state index contributed by atoms with van der Waals surface area (Å²) in [6, 6.07) is 15.1. The first-order valence-corrected chi connectivity index (χ1v) is 11.9. The van der Waals surface area contributed by atoms with Crippen LogP contribution in [-0.4, -0.2) is 29.9 Å². The van der Waals surface area contributed by atoms with E-state index in [0.29, 0.717) is 47.3 Å². The maximum atomic E-state index is 13.4. The number of benzene rings is 2. The van der Waals surface area contributed by atoms with Gasteiger partial charge in [0, 0.05) is 5.57 Å². The molecule has 1 heterocycles. The Morgan fingerprint density at radius 3 is 2.34 bits per heavy atom. The summed E-state index contributed by atoms with van der Waals surface area (Å²) in [5.74, 6) is 0.759. The van der Waals surface area contributed by atoms with Crippen LogP contribution >= 0.6 is 0 Å². The molecule has 0 aliphatic carbocycles. The van der Waals surface area contributed by atoms with Gasteiger partial charge in [0.2, 0.25) is 0 Å². The van der Waals surface area contributed by atoms with Crippen molar-refractivity contribution in [2.24, 2.45) is 5.92 Å². The quantitative estimate of drug-likeness (QED) is 0.350. The molecule has 0 spiro atoms. The highest BCUT2D eigenvalue weighted by Gasteiger charge is 2.35. The van der Waals surface area contributed by atoms with Gasteiger partial charge in [0.1, 0.15) is 11.6 Å². The van der Waals surface area contributed by atoms with E-state index in [4.69, 9.17) is 9.47 Å². The second-order valence-electron chi connectivity index (χ2n) is 9.02. The summed E-state index contributed by atoms with van der Waals surface area (Å²) in [7, 11) is 0. The predicted octanol–water partition coefficient (Wildman–Crippen LogP) is 5.61. The van der Waals surface area contributed by atoms with E-state index in [0.717, 1.165) is 22.4 Å². The molecule has 6 heteroatoms. The van der Waals surface area contributed by atoms with Crippen molar-refractivity contribution in [3.63, 3.8) is 0 Å². The van der Waals surface area contributed by atoms with Crippen LogP contribution in [-0.2, 0) is 16.1 Å². The summed E-state index contributed by atoms with van der Waals surface area (Å²) < 4.78 is 11.7. The fourth-order valence-corrected chi connectivity index (χ4v) is 3.72. The minimum absolute atomic E-state index is 0.0263. The van der Waals surface area contributed by atoms with Crippen LogP contribution in [0.5, 0.6) is 11.5 Å². The van der Waals surface area contributed by atoms with E-state index in [-0.39, 0.29) is 12.1 Å². The highest BCUT2D eigenvalue weighted by Crippen LogP contribution is 2.32. The van der Waals surface area contributed by atoms with Gasteiger partial charge in [-0.15, -0.1) is 0 Å². The van der Waals surface area contributed by atoms with Crippen LogP contribution < -0.4 is 9.47 Å². The van der Waals surface area contributed by atoms with Crippen molar-refractivity contribution in [2.75, 3.05) is 13.2 Å². The Balaban J connectivity index is 1.96. The van der Waals surface area contributed by atoms with E-state index in [2.05, 4.69) is 13.8 Å². The van der Waals surface area contributed by atoms with Gasteiger partial charge in [0.15, 0.2) is 11.5 Å². The SMILES string of the molecule is CCOc1cc(/C=C2/C(=O)N(Cc3ccc(C)cc3)C(=O)C(C#N)=C2C)ccc1OCCC(C)C. The Hall–Kier alpha value is -3.85. The molecule has 2 aromatic rings. The molecule has 0 N–H and O–H groups in total. The van der Waals surface area contributed by atoms with Crippen LogP contribution in [0.2, 0.25) is 0 Å². The van der Waals surface area contributed by atoms with E-state index >= 15 is 0 Å². The van der Waals surface area contributed by atoms with E-state index < -0.39 is 11.8 Å². The summed E-state index contributed by atoms with van der Waals surface area (Å²) in [6.07, 6.45) is 2.63. The minimum Gasteiger partial charge on any atom is -0.490 e. The molecule has 182 valence electrons. The molecular formula is C29H32N2O4. The van der Waals surface area contributed by atoms with Gasteiger partial charge in [-0.2, -0.15) is 5.26 Å². The van der Waals surface area contributed by atoms with Gasteiger partial charge in [-0.25, -0.2) is 0 Å². The number of aryl methyl sites for hydroxylation is 1. The Morgan fingerprint density at radius 1 is 1.00 bits per heavy atom. The normalized spacial score (nSPS) is 15.1. The molecule has 0 saturated carbocycles. The van der Waals surface area contributed by atoms with Crippen molar-refractivity contribution in [1.82, 2.24) is 4.90 Å². The molecule has 0 aromatic heterocycles. The molecule has 1 aliphatic heterocycles. The monoisotopic (exact) mass is 472 g/mol. The molecule has 0 unspecified atom stereocenters. The van der Waals surface area contributed by atoms with Gasteiger partial charge in [0.05, 0.1) is 19.8 Å². The number of rotatable bonds is 9. The molecule has 3 rings (SSSR count). The van der Waals surface area contributed by atoms with Crippen LogP contribution in [0, 0.1) is 24.2 Å². The Labute approximate surface area is 207 Å². The highest BCUT2D eigenvalue weighted by atomic mass is 16.5. The lowest BCUT2D eigenvalue weighted by Crippen LogP contribution is -2.42. The molecule has 6 nitrogen and oxygen atoms in total. The predicted molar refractivity (Wildman–Crippen MR) is 136 cm³/mol. The minimum atomic E-state index is -0.573. The van der Waals surface area contributed by atoms with Crippen molar-refractivity contribution in [3.8, 4) is 17.6 Å². The van der Waals surface area contributed by atoms with Crippen LogP contribution in [0.1, 0.15) is 50.8 Å². The zero-order valence-electron chi connectivity index (χ0n) is 21.1. The lowest BCUT2D eigenvalue weighted by atomic mass is 9.93. The second kappa shape index (κ2) is 11.5. The van der Waals surface area contributed by atoms with Crippen molar-refractivity contribution in [2.45, 2.75) is 47.6 Å². The molecule has 0 bridgehead atoms. The summed E-state index contributed by atoms with van der Waals surface area (Å²) >= 11 is 0. The molecule has 2 aromatic carbocycles. The zero-order valence-corrected chi connectivity index (χ0v) is 21.1. The zero-order chi connectivity index (χ0) is 25.5. The smallest absolute Gasteiger partial charge is 0.271 e. The highest BCUT2D eigenvalue weighted by molar-refractivity contribution is 6.19.